The van der Waals surface area contributed by atoms with Crippen molar-refractivity contribution in [1.82, 2.24) is 5.32 Å². The number of aromatic hydroxyl groups is 1. The lowest BCUT2D eigenvalue weighted by Gasteiger charge is -2.63. The molecule has 1 amide bonds. The van der Waals surface area contributed by atoms with E-state index in [-0.39, 0.29) is 17.4 Å². The van der Waals surface area contributed by atoms with Gasteiger partial charge in [0.1, 0.15) is 11.9 Å². The van der Waals surface area contributed by atoms with Gasteiger partial charge in [-0.1, -0.05) is 19.8 Å². The Kier molecular flexibility index (Phi) is 7.35. The van der Waals surface area contributed by atoms with Crippen LogP contribution in [0.1, 0.15) is 75.1 Å². The average molecular weight is 638 g/mol. The number of phenols is 1. The number of likely N-dealkylation sites (tertiary alicyclic amines) is 1. The van der Waals surface area contributed by atoms with Crippen LogP contribution in [0.3, 0.4) is 0 Å². The molecule has 0 radical (unpaired) electrons. The Balaban J connectivity index is 1.24. The molecule has 0 aromatic heterocycles. The number of nitrogens with one attached hydrogen (secondary N) is 1. The number of halogens is 3. The van der Waals surface area contributed by atoms with E-state index in [0.29, 0.717) is 29.7 Å². The molecular formula is C36H40F3N2O5+. The van der Waals surface area contributed by atoms with Gasteiger partial charge in [0.2, 0.25) is 0 Å². The van der Waals surface area contributed by atoms with Gasteiger partial charge in [-0.05, 0) is 49.9 Å². The molecule has 7 nitrogen and oxygen atoms in total. The summed E-state index contributed by atoms with van der Waals surface area (Å²) in [6.45, 7) is 9.09. The number of carbonyl (C=O) groups is 2. The van der Waals surface area contributed by atoms with Gasteiger partial charge in [0.15, 0.2) is 11.5 Å². The number of esters is 1. The molecule has 244 valence electrons. The van der Waals surface area contributed by atoms with E-state index in [2.05, 4.69) is 31.0 Å². The van der Waals surface area contributed by atoms with Crippen LogP contribution in [0.4, 0.5) is 13.2 Å². The number of hydrogen-bond acceptors (Lipinski definition) is 5. The summed E-state index contributed by atoms with van der Waals surface area (Å²) < 4.78 is 52.3. The highest BCUT2D eigenvalue weighted by Gasteiger charge is 2.70. The third kappa shape index (κ3) is 5.11. The first-order chi connectivity index (χ1) is 21.8. The monoisotopic (exact) mass is 637 g/mol. The van der Waals surface area contributed by atoms with Gasteiger partial charge in [-0.15, -0.1) is 0 Å². The fourth-order valence-electron chi connectivity index (χ4n) is 9.47. The van der Waals surface area contributed by atoms with Crippen LogP contribution in [0, 0.1) is 29.6 Å². The largest absolute Gasteiger partial charge is 0.508 e. The number of amides is 1. The van der Waals surface area contributed by atoms with E-state index in [1.165, 1.54) is 38.0 Å². The second-order valence-electron chi connectivity index (χ2n) is 14.5. The number of piperidine rings is 1. The topological polar surface area (TPSA) is 84.9 Å². The minimum Gasteiger partial charge on any atom is -0.508 e. The van der Waals surface area contributed by atoms with Crippen LogP contribution in [0.5, 0.6) is 17.2 Å². The lowest BCUT2D eigenvalue weighted by atomic mass is 9.50. The fraction of sp³-hybridized carbons (Fsp3) is 0.556. The predicted octanol–water partition coefficient (Wildman–Crippen LogP) is 5.49. The van der Waals surface area contributed by atoms with Crippen LogP contribution in [0.15, 0.2) is 30.3 Å². The maximum Gasteiger partial charge on any atom is 0.416 e. The molecule has 2 bridgehead atoms. The van der Waals surface area contributed by atoms with Crippen LogP contribution in [-0.2, 0) is 27.6 Å². The lowest BCUT2D eigenvalue weighted by molar-refractivity contribution is -0.966. The van der Waals surface area contributed by atoms with Crippen LogP contribution in [-0.4, -0.2) is 59.3 Å². The number of nitrogens with zero attached hydrogens (tertiary/aromatic N) is 1. The van der Waals surface area contributed by atoms with E-state index in [1.54, 1.807) is 0 Å². The van der Waals surface area contributed by atoms with E-state index in [0.717, 1.165) is 72.6 Å². The summed E-state index contributed by atoms with van der Waals surface area (Å²) in [6, 6.07) is 5.80. The Morgan fingerprint density at radius 2 is 1.91 bits per heavy atom. The molecule has 2 aliphatic heterocycles. The summed E-state index contributed by atoms with van der Waals surface area (Å²) in [6.07, 6.45) is 0.730. The van der Waals surface area contributed by atoms with Gasteiger partial charge < -0.3 is 24.4 Å². The Hall–Kier alpha value is -3.71. The number of benzene rings is 2. The normalized spacial score (nSPS) is 30.5. The second kappa shape index (κ2) is 10.9. The first-order valence-electron chi connectivity index (χ1n) is 16.4. The van der Waals surface area contributed by atoms with Gasteiger partial charge in [0.25, 0.3) is 5.91 Å². The predicted molar refractivity (Wildman–Crippen MR) is 163 cm³/mol. The summed E-state index contributed by atoms with van der Waals surface area (Å²) in [5, 5.41) is 14.5. The van der Waals surface area contributed by atoms with Crippen molar-refractivity contribution >= 4 is 11.9 Å². The lowest BCUT2D eigenvalue weighted by Crippen LogP contribution is -2.75. The number of rotatable bonds is 6. The average Bonchev–Trinajstić information content (AvgIpc) is 3.72. The number of alkyl halides is 3. The Morgan fingerprint density at radius 3 is 2.57 bits per heavy atom. The van der Waals surface area contributed by atoms with Crippen LogP contribution >= 0.6 is 0 Å². The smallest absolute Gasteiger partial charge is 0.416 e. The maximum atomic E-state index is 13.2. The van der Waals surface area contributed by atoms with Crippen molar-refractivity contribution in [1.29, 1.82) is 0 Å². The maximum absolute atomic E-state index is 13.2. The Bertz CT molecular complexity index is 1630. The molecule has 5 aliphatic rings. The van der Waals surface area contributed by atoms with E-state index in [1.807, 2.05) is 0 Å². The van der Waals surface area contributed by atoms with Gasteiger partial charge in [0, 0.05) is 66.2 Å². The molecule has 46 heavy (non-hydrogen) atoms. The number of hydrogen-bond donors (Lipinski definition) is 2. The Labute approximate surface area is 267 Å². The van der Waals surface area contributed by atoms with Crippen molar-refractivity contribution in [3.05, 3.63) is 52.6 Å². The van der Waals surface area contributed by atoms with E-state index < -0.39 is 41.2 Å². The first kappa shape index (κ1) is 30.9. The molecular weight excluding hydrogens is 597 g/mol. The molecule has 6 atom stereocenters. The fourth-order valence-corrected chi connectivity index (χ4v) is 9.47. The van der Waals surface area contributed by atoms with Crippen molar-refractivity contribution in [3.8, 4) is 29.1 Å². The van der Waals surface area contributed by atoms with Crippen LogP contribution in [0.2, 0.25) is 0 Å². The Morgan fingerprint density at radius 1 is 1.17 bits per heavy atom. The summed E-state index contributed by atoms with van der Waals surface area (Å²) >= 11 is 0. The van der Waals surface area contributed by atoms with Crippen molar-refractivity contribution in [2.45, 2.75) is 89.1 Å². The van der Waals surface area contributed by atoms with Gasteiger partial charge >= 0.3 is 12.1 Å². The second-order valence-corrected chi connectivity index (χ2v) is 14.5. The highest BCUT2D eigenvalue weighted by Crippen LogP contribution is 2.66. The zero-order valence-corrected chi connectivity index (χ0v) is 26.4. The first-order valence-corrected chi connectivity index (χ1v) is 16.4. The zero-order valence-electron chi connectivity index (χ0n) is 26.4. The molecule has 2 N–H and O–H groups in total. The highest BCUT2D eigenvalue weighted by atomic mass is 19.4. The van der Waals surface area contributed by atoms with E-state index in [4.69, 9.17) is 9.47 Å². The molecule has 3 fully saturated rings. The van der Waals surface area contributed by atoms with Crippen molar-refractivity contribution in [2.75, 3.05) is 19.6 Å². The SMILES string of the molecule is CC(=O)Oc1cc(O)c2c3c1O[C@H]1[C@H](NC(=O)C#Cc4ccc(C(F)(F)F)cc4)CC[C@H]4[C@@H](C2)[N+](CC(C)C)(CC2CC2)CC[C@@]341. The summed E-state index contributed by atoms with van der Waals surface area (Å²) in [5.74, 6) is 6.50. The van der Waals surface area contributed by atoms with Gasteiger partial charge in [-0.25, -0.2) is 0 Å². The zero-order chi connectivity index (χ0) is 32.6. The van der Waals surface area contributed by atoms with E-state index in [9.17, 15) is 27.9 Å². The molecule has 2 aromatic carbocycles. The number of quaternary nitrogens is 1. The number of phenolic OH excluding ortho intramolecular Hbond substituents is 1. The van der Waals surface area contributed by atoms with Crippen molar-refractivity contribution < 1.29 is 41.8 Å². The van der Waals surface area contributed by atoms with Crippen LogP contribution in [0.25, 0.3) is 0 Å². The molecule has 1 spiro atoms. The van der Waals surface area contributed by atoms with Gasteiger partial charge in [0.05, 0.1) is 42.7 Å². The minimum absolute atomic E-state index is 0.117. The standard InChI is InChI=1S/C36H39F3N2O5/c1-20(2)18-41(19-23-4-5-23)15-14-35-26-11-12-27(40-31(44)13-8-22-6-9-24(10-7-22)36(37,38)39)34(35)46-33-30(45-21(3)42)17-29(43)25(32(33)35)16-28(26)41/h6-7,9-10,17,20,23,26-28,34H,4-5,11-12,14-16,18-19H2,1-3H3,(H-,40,43,44)/p+1/t26-,27+,28+,34-,35-,41?/m0/s1. The quantitative estimate of drug-likeness (QED) is 0.189. The molecule has 2 aromatic rings. The van der Waals surface area contributed by atoms with Gasteiger partial charge in [-0.2, -0.15) is 13.2 Å². The molecule has 2 saturated carbocycles. The third-order valence-corrected chi connectivity index (χ3v) is 11.1. The molecule has 10 heteroatoms. The highest BCUT2D eigenvalue weighted by molar-refractivity contribution is 5.94. The minimum atomic E-state index is -4.45. The molecule has 3 aliphatic carbocycles. The van der Waals surface area contributed by atoms with Crippen molar-refractivity contribution in [3.63, 3.8) is 0 Å². The molecule has 7 rings (SSSR count). The summed E-state index contributed by atoms with van der Waals surface area (Å²) in [5.41, 5.74) is 0.851. The van der Waals surface area contributed by atoms with Crippen LogP contribution < -0.4 is 14.8 Å². The third-order valence-electron chi connectivity index (χ3n) is 11.1. The molecule has 1 saturated heterocycles. The number of carbonyl (C=O) groups excluding carboxylic acids is 2. The summed E-state index contributed by atoms with van der Waals surface area (Å²) in [7, 11) is 0. The molecule has 2 heterocycles. The molecule has 1 unspecified atom stereocenters. The van der Waals surface area contributed by atoms with E-state index >= 15 is 0 Å². The summed E-state index contributed by atoms with van der Waals surface area (Å²) in [4.78, 5) is 25.3. The van der Waals surface area contributed by atoms with Crippen molar-refractivity contribution in [2.24, 2.45) is 17.8 Å². The number of ether oxygens (including phenoxy) is 2. The van der Waals surface area contributed by atoms with Gasteiger partial charge in [-0.3, -0.25) is 9.59 Å².